The van der Waals surface area contributed by atoms with Crippen LogP contribution >= 0.6 is 0 Å². The number of hydrogen-bond donors (Lipinski definition) is 0. The minimum atomic E-state index is 0.151. The van der Waals surface area contributed by atoms with Gasteiger partial charge in [-0.1, -0.05) is 62.3 Å². The van der Waals surface area contributed by atoms with E-state index in [0.717, 1.165) is 23.0 Å². The third-order valence-corrected chi connectivity index (χ3v) is 5.61. The van der Waals surface area contributed by atoms with E-state index in [4.69, 9.17) is 0 Å². The lowest BCUT2D eigenvalue weighted by atomic mass is 9.85. The number of aromatic nitrogens is 5. The maximum absolute atomic E-state index is 4.33. The summed E-state index contributed by atoms with van der Waals surface area (Å²) in [7, 11) is 0. The van der Waals surface area contributed by atoms with Gasteiger partial charge in [-0.15, -0.1) is 0 Å². The fourth-order valence-electron chi connectivity index (χ4n) is 3.58. The minimum Gasteiger partial charge on any atom is -0.261 e. The van der Waals surface area contributed by atoms with Gasteiger partial charge >= 0.3 is 0 Å². The summed E-state index contributed by atoms with van der Waals surface area (Å²) in [6.07, 6.45) is 7.70. The number of rotatable bonds is 0. The Hall–Kier alpha value is -2.69. The van der Waals surface area contributed by atoms with E-state index < -0.39 is 0 Å². The summed E-state index contributed by atoms with van der Waals surface area (Å²) < 4.78 is 0. The highest BCUT2D eigenvalue weighted by molar-refractivity contribution is 5.30. The Labute approximate surface area is 214 Å². The predicted octanol–water partition coefficient (Wildman–Crippen LogP) is 7.47. The molecule has 0 aromatic carbocycles. The van der Waals surface area contributed by atoms with Crippen LogP contribution in [0, 0.1) is 34.6 Å². The molecule has 3 aromatic rings. The van der Waals surface area contributed by atoms with Crippen molar-refractivity contribution in [1.82, 2.24) is 24.9 Å². The van der Waals surface area contributed by atoms with Crippen LogP contribution in [0.15, 0.2) is 30.9 Å². The average molecular weight is 478 g/mol. The third kappa shape index (κ3) is 10.2. The smallest absolute Gasteiger partial charge is 0.125 e. The first kappa shape index (κ1) is 30.3. The summed E-state index contributed by atoms with van der Waals surface area (Å²) in [6, 6.07) is 2.14. The van der Waals surface area contributed by atoms with E-state index in [1.807, 2.05) is 52.5 Å². The van der Waals surface area contributed by atoms with Crippen molar-refractivity contribution in [2.45, 2.75) is 113 Å². The Bertz CT molecular complexity index is 1020. The summed E-state index contributed by atoms with van der Waals surface area (Å²) in [5, 5.41) is 0. The van der Waals surface area contributed by atoms with Crippen LogP contribution in [0.2, 0.25) is 0 Å². The zero-order valence-corrected chi connectivity index (χ0v) is 24.6. The highest BCUT2D eigenvalue weighted by Crippen LogP contribution is 2.25. The van der Waals surface area contributed by atoms with Crippen LogP contribution in [0.5, 0.6) is 0 Å². The van der Waals surface area contributed by atoms with E-state index in [0.29, 0.717) is 0 Å². The van der Waals surface area contributed by atoms with Gasteiger partial charge in [0, 0.05) is 36.2 Å². The first-order valence-electron chi connectivity index (χ1n) is 12.4. The van der Waals surface area contributed by atoms with Crippen molar-refractivity contribution in [3.63, 3.8) is 0 Å². The molecule has 0 unspecified atom stereocenters. The fourth-order valence-corrected chi connectivity index (χ4v) is 3.58. The summed E-state index contributed by atoms with van der Waals surface area (Å²) in [4.78, 5) is 21.1. The molecule has 192 valence electrons. The van der Waals surface area contributed by atoms with Gasteiger partial charge in [-0.3, -0.25) is 4.98 Å². The monoisotopic (exact) mass is 477 g/mol. The molecule has 0 aliphatic heterocycles. The van der Waals surface area contributed by atoms with Gasteiger partial charge in [0.25, 0.3) is 0 Å². The molecule has 0 saturated heterocycles. The van der Waals surface area contributed by atoms with Crippen molar-refractivity contribution in [1.29, 1.82) is 0 Å². The summed E-state index contributed by atoms with van der Waals surface area (Å²) in [5.41, 5.74) is 7.81. The second kappa shape index (κ2) is 11.8. The molecule has 0 N–H and O–H groups in total. The average Bonchev–Trinajstić information content (AvgIpc) is 2.66. The van der Waals surface area contributed by atoms with Gasteiger partial charge in [0.2, 0.25) is 0 Å². The topological polar surface area (TPSA) is 64.5 Å². The molecule has 0 amide bonds. The Morgan fingerprint density at radius 1 is 0.514 bits per heavy atom. The first-order chi connectivity index (χ1) is 15.8. The number of pyridine rings is 1. The molecule has 3 heterocycles. The maximum atomic E-state index is 4.33. The molecule has 0 saturated carbocycles. The molecule has 0 bridgehead atoms. The molecule has 0 fully saturated rings. The van der Waals surface area contributed by atoms with Crippen LogP contribution in [0.25, 0.3) is 0 Å². The van der Waals surface area contributed by atoms with Crippen LogP contribution in [0.1, 0.15) is 108 Å². The van der Waals surface area contributed by atoms with E-state index in [-0.39, 0.29) is 16.2 Å². The number of aryl methyl sites for hydroxylation is 5. The summed E-state index contributed by atoms with van der Waals surface area (Å²) in [6.45, 7) is 29.7. The molecular weight excluding hydrogens is 430 g/mol. The molecule has 3 aromatic heterocycles. The Kier molecular flexibility index (Phi) is 10.3. The highest BCUT2D eigenvalue weighted by atomic mass is 14.9. The first-order valence-corrected chi connectivity index (χ1v) is 12.4. The molecule has 35 heavy (non-hydrogen) atoms. The van der Waals surface area contributed by atoms with E-state index in [1.165, 1.54) is 22.3 Å². The van der Waals surface area contributed by atoms with E-state index in [1.54, 1.807) is 0 Å². The molecule has 3 rings (SSSR count). The predicted molar refractivity (Wildman–Crippen MR) is 148 cm³/mol. The van der Waals surface area contributed by atoms with Crippen LogP contribution in [-0.2, 0) is 16.2 Å². The van der Waals surface area contributed by atoms with Crippen molar-refractivity contribution in [2.75, 3.05) is 0 Å². The minimum absolute atomic E-state index is 0.151. The van der Waals surface area contributed by atoms with Gasteiger partial charge in [-0.2, -0.15) is 0 Å². The van der Waals surface area contributed by atoms with Gasteiger partial charge in [-0.25, -0.2) is 19.9 Å². The molecule has 5 nitrogen and oxygen atoms in total. The zero-order valence-electron chi connectivity index (χ0n) is 24.6. The number of nitrogens with zero attached hydrogens (tertiary/aromatic N) is 5. The normalized spacial score (nSPS) is 11.7. The Morgan fingerprint density at radius 2 is 0.971 bits per heavy atom. The van der Waals surface area contributed by atoms with Crippen molar-refractivity contribution < 1.29 is 0 Å². The van der Waals surface area contributed by atoms with Crippen molar-refractivity contribution in [2.24, 2.45) is 0 Å². The van der Waals surface area contributed by atoms with Crippen LogP contribution in [0.4, 0.5) is 0 Å². The quantitative estimate of drug-likeness (QED) is 0.336. The fraction of sp³-hybridized carbons (Fsp3) is 0.567. The molecule has 0 spiro atoms. The van der Waals surface area contributed by atoms with Crippen LogP contribution < -0.4 is 0 Å². The lowest BCUT2D eigenvalue weighted by Gasteiger charge is -2.21. The molecular formula is C30H47N5. The van der Waals surface area contributed by atoms with Crippen LogP contribution in [0.3, 0.4) is 0 Å². The molecule has 0 radical (unpaired) electrons. The zero-order chi connectivity index (χ0) is 27.2. The molecule has 0 aliphatic rings. The van der Waals surface area contributed by atoms with Crippen molar-refractivity contribution >= 4 is 0 Å². The van der Waals surface area contributed by atoms with Gasteiger partial charge in [0.1, 0.15) is 11.6 Å². The van der Waals surface area contributed by atoms with E-state index in [9.17, 15) is 0 Å². The lowest BCUT2D eigenvalue weighted by molar-refractivity contribution is 0.577. The second-order valence-electron chi connectivity index (χ2n) is 12.3. The Balaban J connectivity index is 0.000000263. The van der Waals surface area contributed by atoms with Crippen molar-refractivity contribution in [3.8, 4) is 0 Å². The summed E-state index contributed by atoms with van der Waals surface area (Å²) >= 11 is 0. The summed E-state index contributed by atoms with van der Waals surface area (Å²) in [5.74, 6) is 1.68. The van der Waals surface area contributed by atoms with E-state index in [2.05, 4.69) is 100 Å². The maximum Gasteiger partial charge on any atom is 0.125 e. The lowest BCUT2D eigenvalue weighted by Crippen LogP contribution is -2.15. The van der Waals surface area contributed by atoms with Crippen molar-refractivity contribution in [3.05, 3.63) is 76.1 Å². The number of hydrogen-bond acceptors (Lipinski definition) is 5. The van der Waals surface area contributed by atoms with Gasteiger partial charge in [0.15, 0.2) is 0 Å². The molecule has 0 aliphatic carbocycles. The highest BCUT2D eigenvalue weighted by Gasteiger charge is 2.17. The molecule has 0 atom stereocenters. The Morgan fingerprint density at radius 3 is 1.37 bits per heavy atom. The third-order valence-electron chi connectivity index (χ3n) is 5.61. The van der Waals surface area contributed by atoms with Crippen LogP contribution in [-0.4, -0.2) is 24.9 Å². The van der Waals surface area contributed by atoms with Gasteiger partial charge < -0.3 is 0 Å². The molecule has 5 heteroatoms. The second-order valence-corrected chi connectivity index (χ2v) is 12.3. The van der Waals surface area contributed by atoms with Gasteiger partial charge in [0.05, 0.1) is 0 Å². The van der Waals surface area contributed by atoms with E-state index >= 15 is 0 Å². The standard InChI is InChI=1S/C11H17N.C10H16N2.C9H14N2/c1-8-6-9(2)12-7-10(8)11(3,4)5;1-7-9(10(3,4)5)6-11-8(2)12-7;1-7-10-5-8(6-11-7)9(2,3)4/h6-7H,1-5H3;6H,1-5H3;5-6H,1-4H3. The SMILES string of the molecule is Cc1cc(C)c(C(C)(C)C)cn1.Cc1ncc(C(C)(C)C)c(C)n1.Cc1ncc(C(C)(C)C)cn1. The van der Waals surface area contributed by atoms with Gasteiger partial charge in [-0.05, 0) is 79.2 Å². The largest absolute Gasteiger partial charge is 0.261 e.